The fourth-order valence-electron chi connectivity index (χ4n) is 1.69. The van der Waals surface area contributed by atoms with Crippen molar-refractivity contribution in [3.8, 4) is 0 Å². The molecule has 1 aromatic heterocycles. The molecule has 2 aromatic rings. The fraction of sp³-hybridized carbons (Fsp3) is 0.286. The summed E-state index contributed by atoms with van der Waals surface area (Å²) in [5.41, 5.74) is 1.07. The standard InChI is InChI=1S/C14H17O3PS/c1-2-17-18(15,14-9-6-10-19-14)12-16-11-13-7-4-3-5-8-13/h3-10H,2,11-12H2,1H3. The molecule has 0 saturated heterocycles. The monoisotopic (exact) mass is 296 g/mol. The van der Waals surface area contributed by atoms with Crippen LogP contribution in [0, 0.1) is 0 Å². The first-order chi connectivity index (χ1) is 9.24. The second-order valence-electron chi connectivity index (χ2n) is 4.01. The molecule has 102 valence electrons. The van der Waals surface area contributed by atoms with E-state index >= 15 is 0 Å². The molecule has 1 atom stereocenters. The van der Waals surface area contributed by atoms with Gasteiger partial charge in [0.2, 0.25) is 0 Å². The van der Waals surface area contributed by atoms with Gasteiger partial charge in [0.15, 0.2) is 0 Å². The van der Waals surface area contributed by atoms with Crippen molar-refractivity contribution in [2.75, 3.05) is 13.0 Å². The second-order valence-corrected chi connectivity index (χ2v) is 7.60. The van der Waals surface area contributed by atoms with Gasteiger partial charge in [-0.25, -0.2) is 0 Å². The van der Waals surface area contributed by atoms with Gasteiger partial charge in [-0.05, 0) is 23.9 Å². The minimum absolute atomic E-state index is 0.121. The maximum absolute atomic E-state index is 12.7. The van der Waals surface area contributed by atoms with E-state index in [1.54, 1.807) is 0 Å². The van der Waals surface area contributed by atoms with Gasteiger partial charge in [0.1, 0.15) is 6.35 Å². The highest BCUT2D eigenvalue weighted by atomic mass is 32.1. The number of hydrogen-bond acceptors (Lipinski definition) is 4. The van der Waals surface area contributed by atoms with Crippen LogP contribution in [0.25, 0.3) is 0 Å². The van der Waals surface area contributed by atoms with Gasteiger partial charge in [0.05, 0.1) is 17.8 Å². The minimum atomic E-state index is -2.86. The van der Waals surface area contributed by atoms with Gasteiger partial charge in [0, 0.05) is 0 Å². The number of benzene rings is 1. The maximum Gasteiger partial charge on any atom is 0.266 e. The van der Waals surface area contributed by atoms with Gasteiger partial charge in [-0.3, -0.25) is 4.57 Å². The summed E-state index contributed by atoms with van der Waals surface area (Å²) in [4.78, 5) is 0. The molecule has 0 aliphatic heterocycles. The Kier molecular flexibility index (Phi) is 5.34. The highest BCUT2D eigenvalue weighted by Gasteiger charge is 2.27. The SMILES string of the molecule is CCOP(=O)(COCc1ccccc1)c1cccs1. The highest BCUT2D eigenvalue weighted by Crippen LogP contribution is 2.47. The lowest BCUT2D eigenvalue weighted by Crippen LogP contribution is -2.09. The molecule has 0 bridgehead atoms. The molecule has 0 saturated carbocycles. The molecule has 5 heteroatoms. The molecular weight excluding hydrogens is 279 g/mol. The normalized spacial score (nSPS) is 14.2. The summed E-state index contributed by atoms with van der Waals surface area (Å²) >= 11 is 1.45. The van der Waals surface area contributed by atoms with E-state index in [-0.39, 0.29) is 6.35 Å². The van der Waals surface area contributed by atoms with E-state index in [1.165, 1.54) is 11.3 Å². The van der Waals surface area contributed by atoms with Gasteiger partial charge in [-0.2, -0.15) is 0 Å². The molecule has 0 radical (unpaired) electrons. The predicted molar refractivity (Wildman–Crippen MR) is 79.3 cm³/mol. The summed E-state index contributed by atoms with van der Waals surface area (Å²) in [7, 11) is -2.86. The Morgan fingerprint density at radius 1 is 1.16 bits per heavy atom. The van der Waals surface area contributed by atoms with Gasteiger partial charge < -0.3 is 9.26 Å². The first-order valence-corrected chi connectivity index (χ1v) is 8.83. The van der Waals surface area contributed by atoms with Crippen molar-refractivity contribution < 1.29 is 13.8 Å². The van der Waals surface area contributed by atoms with Gasteiger partial charge in [-0.1, -0.05) is 36.4 Å². The Morgan fingerprint density at radius 2 is 1.95 bits per heavy atom. The quantitative estimate of drug-likeness (QED) is 0.728. The summed E-state index contributed by atoms with van der Waals surface area (Å²) < 4.78 is 24.5. The van der Waals surface area contributed by atoms with Crippen LogP contribution in [0.3, 0.4) is 0 Å². The Bertz CT molecular complexity index is 525. The first-order valence-electron chi connectivity index (χ1n) is 6.14. The van der Waals surface area contributed by atoms with Gasteiger partial charge in [0.25, 0.3) is 7.37 Å². The molecule has 0 N–H and O–H groups in total. The molecule has 1 unspecified atom stereocenters. The van der Waals surface area contributed by atoms with E-state index in [0.29, 0.717) is 13.2 Å². The van der Waals surface area contributed by atoms with Crippen LogP contribution in [0.5, 0.6) is 0 Å². The number of thiophene rings is 1. The van der Waals surface area contributed by atoms with E-state index in [9.17, 15) is 4.57 Å². The topological polar surface area (TPSA) is 35.5 Å². The third-order valence-electron chi connectivity index (χ3n) is 2.55. The molecule has 1 heterocycles. The second kappa shape index (κ2) is 7.01. The van der Waals surface area contributed by atoms with Crippen molar-refractivity contribution in [2.45, 2.75) is 13.5 Å². The highest BCUT2D eigenvalue weighted by molar-refractivity contribution is 7.72. The van der Waals surface area contributed by atoms with Crippen molar-refractivity contribution in [3.05, 3.63) is 53.4 Å². The van der Waals surface area contributed by atoms with Crippen LogP contribution in [0.4, 0.5) is 0 Å². The Labute approximate surface area is 117 Å². The van der Waals surface area contributed by atoms with E-state index in [4.69, 9.17) is 9.26 Å². The van der Waals surface area contributed by atoms with Gasteiger partial charge >= 0.3 is 0 Å². The predicted octanol–water partition coefficient (Wildman–Crippen LogP) is 3.86. The van der Waals surface area contributed by atoms with E-state index in [2.05, 4.69) is 0 Å². The smallest absolute Gasteiger partial charge is 0.266 e. The molecular formula is C14H17O3PS. The van der Waals surface area contributed by atoms with Crippen LogP contribution in [0.2, 0.25) is 0 Å². The van der Waals surface area contributed by atoms with Crippen LogP contribution in [0.1, 0.15) is 12.5 Å². The minimum Gasteiger partial charge on any atom is -0.366 e. The van der Waals surface area contributed by atoms with E-state index in [1.807, 2.05) is 54.8 Å². The molecule has 0 aliphatic carbocycles. The zero-order valence-corrected chi connectivity index (χ0v) is 12.5. The average molecular weight is 296 g/mol. The molecule has 19 heavy (non-hydrogen) atoms. The first kappa shape index (κ1) is 14.5. The van der Waals surface area contributed by atoms with Crippen molar-refractivity contribution in [1.29, 1.82) is 0 Å². The van der Waals surface area contributed by atoms with Crippen LogP contribution in [-0.2, 0) is 20.4 Å². The lowest BCUT2D eigenvalue weighted by Gasteiger charge is -2.16. The third-order valence-corrected chi connectivity index (χ3v) is 6.39. The molecule has 0 amide bonds. The number of rotatable bonds is 7. The van der Waals surface area contributed by atoms with E-state index in [0.717, 1.165) is 10.2 Å². The summed E-state index contributed by atoms with van der Waals surface area (Å²) in [5, 5.41) is 1.90. The Morgan fingerprint density at radius 3 is 2.58 bits per heavy atom. The van der Waals surface area contributed by atoms with Crippen LogP contribution in [-0.4, -0.2) is 13.0 Å². The van der Waals surface area contributed by atoms with E-state index < -0.39 is 7.37 Å². The van der Waals surface area contributed by atoms with Crippen LogP contribution in [0.15, 0.2) is 47.8 Å². The maximum atomic E-state index is 12.7. The summed E-state index contributed by atoms with van der Waals surface area (Å²) in [6.07, 6.45) is 0.121. The lowest BCUT2D eigenvalue weighted by atomic mass is 10.2. The molecule has 1 aromatic carbocycles. The summed E-state index contributed by atoms with van der Waals surface area (Å²) in [5.74, 6) is 0. The Hall–Kier alpha value is -0.930. The summed E-state index contributed by atoms with van der Waals surface area (Å²) in [6, 6.07) is 13.6. The van der Waals surface area contributed by atoms with Crippen molar-refractivity contribution >= 4 is 23.3 Å². The third kappa shape index (κ3) is 4.02. The number of ether oxygens (including phenoxy) is 1. The van der Waals surface area contributed by atoms with Gasteiger partial charge in [-0.15, -0.1) is 11.3 Å². The van der Waals surface area contributed by atoms with Crippen molar-refractivity contribution in [2.24, 2.45) is 0 Å². The zero-order chi connectivity index (χ0) is 13.6. The summed E-state index contributed by atoms with van der Waals surface area (Å²) in [6.45, 7) is 2.71. The molecule has 2 rings (SSSR count). The Balaban J connectivity index is 1.97. The van der Waals surface area contributed by atoms with Crippen LogP contribution < -0.4 is 4.62 Å². The molecule has 0 aliphatic rings. The molecule has 3 nitrogen and oxygen atoms in total. The average Bonchev–Trinajstić information content (AvgIpc) is 2.95. The van der Waals surface area contributed by atoms with Crippen molar-refractivity contribution in [3.63, 3.8) is 0 Å². The fourth-order valence-corrected chi connectivity index (χ4v) is 4.68. The zero-order valence-electron chi connectivity index (χ0n) is 10.8. The van der Waals surface area contributed by atoms with Crippen molar-refractivity contribution in [1.82, 2.24) is 0 Å². The molecule has 0 fully saturated rings. The lowest BCUT2D eigenvalue weighted by molar-refractivity contribution is 0.151. The largest absolute Gasteiger partial charge is 0.366 e. The number of hydrogen-bond donors (Lipinski definition) is 0. The van der Waals surface area contributed by atoms with Crippen LogP contribution >= 0.6 is 18.7 Å². The molecule has 0 spiro atoms.